The summed E-state index contributed by atoms with van der Waals surface area (Å²) in [7, 11) is 1.35. The fourth-order valence-corrected chi connectivity index (χ4v) is 2.93. The van der Waals surface area contributed by atoms with Gasteiger partial charge in [-0.15, -0.1) is 0 Å². The number of imidazole rings is 1. The van der Waals surface area contributed by atoms with Crippen LogP contribution in [0.2, 0.25) is 0 Å². The molecule has 1 aliphatic heterocycles. The van der Waals surface area contributed by atoms with Gasteiger partial charge in [0.05, 0.1) is 7.11 Å². The number of likely N-dealkylation sites (tertiary alicyclic amines) is 1. The molecule has 6 nitrogen and oxygen atoms in total. The van der Waals surface area contributed by atoms with Gasteiger partial charge in [-0.25, -0.2) is 9.78 Å². The average molecular weight is 280 g/mol. The van der Waals surface area contributed by atoms with Crippen LogP contribution in [-0.2, 0) is 11.2 Å². The Kier molecular flexibility index (Phi) is 4.65. The Morgan fingerprint density at radius 1 is 1.50 bits per heavy atom. The number of anilines is 1. The number of rotatable bonds is 4. The van der Waals surface area contributed by atoms with Gasteiger partial charge in [-0.05, 0) is 25.9 Å². The molecule has 0 spiro atoms. The predicted molar refractivity (Wildman–Crippen MR) is 77.7 cm³/mol. The van der Waals surface area contributed by atoms with Gasteiger partial charge in [-0.1, -0.05) is 13.8 Å². The number of hydrogen-bond acceptors (Lipinski definition) is 5. The van der Waals surface area contributed by atoms with Crippen LogP contribution < -0.4 is 5.73 Å². The van der Waals surface area contributed by atoms with Gasteiger partial charge in [-0.3, -0.25) is 0 Å². The first-order valence-electron chi connectivity index (χ1n) is 7.29. The van der Waals surface area contributed by atoms with E-state index in [4.69, 9.17) is 10.5 Å². The number of nitrogens with two attached hydrogens (primary N) is 1. The summed E-state index contributed by atoms with van der Waals surface area (Å²) in [4.78, 5) is 18.5. The number of nitrogens with zero attached hydrogens (tertiary/aromatic N) is 3. The molecule has 0 saturated carbocycles. The zero-order valence-corrected chi connectivity index (χ0v) is 12.6. The molecule has 112 valence electrons. The van der Waals surface area contributed by atoms with Crippen LogP contribution in [-0.4, -0.2) is 47.2 Å². The Bertz CT molecular complexity index is 484. The van der Waals surface area contributed by atoms with E-state index < -0.39 is 5.97 Å². The lowest BCUT2D eigenvalue weighted by Crippen LogP contribution is -2.37. The Balaban J connectivity index is 2.34. The molecular weight excluding hydrogens is 256 g/mol. The van der Waals surface area contributed by atoms with Crippen LogP contribution in [0.25, 0.3) is 0 Å². The molecule has 1 saturated heterocycles. The van der Waals surface area contributed by atoms with E-state index in [9.17, 15) is 4.79 Å². The fourth-order valence-electron chi connectivity index (χ4n) is 2.93. The van der Waals surface area contributed by atoms with Gasteiger partial charge in [0.1, 0.15) is 11.6 Å². The second kappa shape index (κ2) is 6.26. The van der Waals surface area contributed by atoms with E-state index in [0.717, 1.165) is 44.7 Å². The smallest absolute Gasteiger partial charge is 0.360 e. The van der Waals surface area contributed by atoms with Gasteiger partial charge in [0.2, 0.25) is 0 Å². The highest BCUT2D eigenvalue weighted by atomic mass is 16.5. The summed E-state index contributed by atoms with van der Waals surface area (Å²) in [5, 5.41) is 0. The molecule has 1 fully saturated rings. The minimum atomic E-state index is -0.459. The number of carbonyl (C=O) groups is 1. The van der Waals surface area contributed by atoms with Crippen molar-refractivity contribution in [3.05, 3.63) is 11.5 Å². The van der Waals surface area contributed by atoms with Crippen LogP contribution >= 0.6 is 0 Å². The molecule has 1 atom stereocenters. The van der Waals surface area contributed by atoms with Crippen LogP contribution in [0.3, 0.4) is 0 Å². The number of methoxy groups -OCH3 is 1. The van der Waals surface area contributed by atoms with E-state index in [2.05, 4.69) is 16.8 Å². The minimum absolute atomic E-state index is 0.248. The zero-order valence-electron chi connectivity index (χ0n) is 12.6. The summed E-state index contributed by atoms with van der Waals surface area (Å²) < 4.78 is 6.79. The number of nitrogen functional groups attached to an aromatic ring is 1. The van der Waals surface area contributed by atoms with Crippen molar-refractivity contribution in [2.45, 2.75) is 39.2 Å². The number of hydrogen-bond donors (Lipinski definition) is 1. The number of likely N-dealkylation sites (N-methyl/N-ethyl adjacent to an activating group) is 1. The maximum absolute atomic E-state index is 11.7. The van der Waals surface area contributed by atoms with Crippen molar-refractivity contribution in [3.63, 3.8) is 0 Å². The van der Waals surface area contributed by atoms with Crippen LogP contribution in [0.15, 0.2) is 0 Å². The third-order valence-electron chi connectivity index (χ3n) is 4.01. The molecule has 1 aromatic rings. The fraction of sp³-hybridized carbons (Fsp3) is 0.714. The Labute approximate surface area is 119 Å². The van der Waals surface area contributed by atoms with Gasteiger partial charge in [-0.2, -0.15) is 0 Å². The predicted octanol–water partition coefficient (Wildman–Crippen LogP) is 1.47. The van der Waals surface area contributed by atoms with Crippen molar-refractivity contribution >= 4 is 11.8 Å². The first-order chi connectivity index (χ1) is 9.62. The monoisotopic (exact) mass is 280 g/mol. The minimum Gasteiger partial charge on any atom is -0.464 e. The second-order valence-corrected chi connectivity index (χ2v) is 5.17. The first kappa shape index (κ1) is 14.8. The van der Waals surface area contributed by atoms with E-state index >= 15 is 0 Å². The van der Waals surface area contributed by atoms with Crippen LogP contribution in [0.4, 0.5) is 5.82 Å². The molecular formula is C14H24N4O2. The van der Waals surface area contributed by atoms with Gasteiger partial charge >= 0.3 is 5.97 Å². The quantitative estimate of drug-likeness (QED) is 0.845. The number of carbonyl (C=O) groups excluding carboxylic acids is 1. The molecule has 1 aromatic heterocycles. The lowest BCUT2D eigenvalue weighted by atomic mass is 10.1. The van der Waals surface area contributed by atoms with Crippen molar-refractivity contribution in [2.24, 2.45) is 0 Å². The van der Waals surface area contributed by atoms with E-state index in [0.29, 0.717) is 11.9 Å². The largest absolute Gasteiger partial charge is 0.464 e. The number of ether oxygens (including phenoxy) is 1. The molecule has 20 heavy (non-hydrogen) atoms. The molecule has 2 N–H and O–H groups in total. The lowest BCUT2D eigenvalue weighted by Gasteiger charge is -2.33. The molecule has 0 bridgehead atoms. The summed E-state index contributed by atoms with van der Waals surface area (Å²) in [5.41, 5.74) is 6.40. The summed E-state index contributed by atoms with van der Waals surface area (Å²) in [5.74, 6) is 0.849. The van der Waals surface area contributed by atoms with Crippen molar-refractivity contribution in [2.75, 3.05) is 32.5 Å². The summed E-state index contributed by atoms with van der Waals surface area (Å²) in [6.45, 7) is 7.33. The molecule has 1 unspecified atom stereocenters. The zero-order chi connectivity index (χ0) is 14.7. The highest BCUT2D eigenvalue weighted by Gasteiger charge is 2.27. The molecule has 6 heteroatoms. The normalized spacial score (nSPS) is 20.1. The number of piperidine rings is 1. The van der Waals surface area contributed by atoms with Crippen molar-refractivity contribution in [1.82, 2.24) is 14.5 Å². The standard InChI is InChI=1S/C14H24N4O2/c1-4-11-16-12(14(19)20-3)13(15)18(11)10-7-6-8-17(5-2)9-10/h10H,4-9,15H2,1-3H3. The maximum Gasteiger partial charge on any atom is 0.360 e. The third-order valence-corrected chi connectivity index (χ3v) is 4.01. The molecule has 0 radical (unpaired) electrons. The number of aromatic nitrogens is 2. The summed E-state index contributed by atoms with van der Waals surface area (Å²) >= 11 is 0. The van der Waals surface area contributed by atoms with Gasteiger partial charge < -0.3 is 19.9 Å². The van der Waals surface area contributed by atoms with Crippen LogP contribution in [0.1, 0.15) is 49.0 Å². The van der Waals surface area contributed by atoms with Gasteiger partial charge in [0, 0.05) is 19.0 Å². The Morgan fingerprint density at radius 2 is 2.25 bits per heavy atom. The van der Waals surface area contributed by atoms with E-state index in [-0.39, 0.29) is 5.69 Å². The van der Waals surface area contributed by atoms with Crippen LogP contribution in [0.5, 0.6) is 0 Å². The average Bonchev–Trinajstić information content (AvgIpc) is 2.83. The van der Waals surface area contributed by atoms with E-state index in [1.807, 2.05) is 11.5 Å². The summed E-state index contributed by atoms with van der Waals surface area (Å²) in [6.07, 6.45) is 2.97. The van der Waals surface area contributed by atoms with Gasteiger partial charge in [0.15, 0.2) is 5.69 Å². The SMILES string of the molecule is CCc1nc(C(=O)OC)c(N)n1C1CCCN(CC)C1. The molecule has 1 aliphatic rings. The molecule has 0 amide bonds. The van der Waals surface area contributed by atoms with Crippen molar-refractivity contribution < 1.29 is 9.53 Å². The number of aryl methyl sites for hydroxylation is 1. The van der Waals surface area contributed by atoms with E-state index in [1.165, 1.54) is 7.11 Å². The molecule has 2 rings (SSSR count). The van der Waals surface area contributed by atoms with Crippen molar-refractivity contribution in [1.29, 1.82) is 0 Å². The third kappa shape index (κ3) is 2.65. The van der Waals surface area contributed by atoms with Crippen molar-refractivity contribution in [3.8, 4) is 0 Å². The second-order valence-electron chi connectivity index (χ2n) is 5.17. The first-order valence-corrected chi connectivity index (χ1v) is 7.29. The Hall–Kier alpha value is -1.56. The highest BCUT2D eigenvalue weighted by molar-refractivity contribution is 5.92. The lowest BCUT2D eigenvalue weighted by molar-refractivity contribution is 0.0595. The maximum atomic E-state index is 11.7. The molecule has 0 aromatic carbocycles. The van der Waals surface area contributed by atoms with Gasteiger partial charge in [0.25, 0.3) is 0 Å². The Morgan fingerprint density at radius 3 is 2.85 bits per heavy atom. The molecule has 2 heterocycles. The topological polar surface area (TPSA) is 73.4 Å². The van der Waals surface area contributed by atoms with E-state index in [1.54, 1.807) is 0 Å². The van der Waals surface area contributed by atoms with Crippen LogP contribution in [0, 0.1) is 0 Å². The highest BCUT2D eigenvalue weighted by Crippen LogP contribution is 2.28. The summed E-state index contributed by atoms with van der Waals surface area (Å²) in [6, 6.07) is 0.296. The molecule has 0 aliphatic carbocycles. The number of esters is 1.